The number of aromatic nitrogens is 2. The molecule has 1 aromatic heterocycles. The summed E-state index contributed by atoms with van der Waals surface area (Å²) < 4.78 is 20.2. The number of carbonyl (C=O) groups excluding carboxylic acids is 2. The van der Waals surface area contributed by atoms with Crippen molar-refractivity contribution < 1.29 is 18.7 Å². The number of carbonyl (C=O) groups is 2. The van der Waals surface area contributed by atoms with Crippen LogP contribution in [-0.4, -0.2) is 52.8 Å². The Morgan fingerprint density at radius 1 is 1.36 bits per heavy atom. The first-order valence-corrected chi connectivity index (χ1v) is 9.48. The molecular weight excluding hydrogens is 363 g/mol. The zero-order chi connectivity index (χ0) is 19.7. The van der Waals surface area contributed by atoms with E-state index < -0.39 is 0 Å². The fourth-order valence-electron chi connectivity index (χ4n) is 3.99. The van der Waals surface area contributed by atoms with E-state index in [1.54, 1.807) is 35.0 Å². The van der Waals surface area contributed by atoms with E-state index in [2.05, 4.69) is 10.4 Å². The zero-order valence-corrected chi connectivity index (χ0v) is 15.7. The normalized spacial score (nSPS) is 24.7. The SMILES string of the molecule is CN1C(=O)C[C@@H](CNC(=O)[C@@H]2CCCO2)[C@@H]1c1cnn(-c2ccc(F)cc2)c1. The second-order valence-corrected chi connectivity index (χ2v) is 7.36. The predicted octanol–water partition coefficient (Wildman–Crippen LogP) is 1.83. The van der Waals surface area contributed by atoms with Gasteiger partial charge in [0.05, 0.1) is 17.9 Å². The highest BCUT2D eigenvalue weighted by atomic mass is 19.1. The van der Waals surface area contributed by atoms with Gasteiger partial charge in [0.15, 0.2) is 0 Å². The minimum atomic E-state index is -0.380. The zero-order valence-electron chi connectivity index (χ0n) is 15.7. The molecule has 3 heterocycles. The van der Waals surface area contributed by atoms with E-state index in [9.17, 15) is 14.0 Å². The molecule has 2 aromatic rings. The largest absolute Gasteiger partial charge is 0.368 e. The first-order chi connectivity index (χ1) is 13.5. The van der Waals surface area contributed by atoms with Crippen molar-refractivity contribution in [3.8, 4) is 5.69 Å². The van der Waals surface area contributed by atoms with Crippen LogP contribution >= 0.6 is 0 Å². The topological polar surface area (TPSA) is 76.5 Å². The van der Waals surface area contributed by atoms with Crippen LogP contribution in [0.2, 0.25) is 0 Å². The molecule has 2 saturated heterocycles. The summed E-state index contributed by atoms with van der Waals surface area (Å²) in [7, 11) is 1.77. The van der Waals surface area contributed by atoms with E-state index in [0.29, 0.717) is 19.6 Å². The standard InChI is InChI=1S/C20H23FN4O3/c1-24-18(26)9-13(10-22-20(27)17-3-2-8-28-17)19(24)14-11-23-25(12-14)16-6-4-15(21)5-7-16/h4-7,11-13,17,19H,2-3,8-10H2,1H3,(H,22,27)/t13-,17-,19+/m0/s1. The van der Waals surface area contributed by atoms with Crippen LogP contribution in [0.4, 0.5) is 4.39 Å². The Bertz CT molecular complexity index is 861. The molecule has 28 heavy (non-hydrogen) atoms. The van der Waals surface area contributed by atoms with Gasteiger partial charge in [-0.1, -0.05) is 0 Å². The maximum Gasteiger partial charge on any atom is 0.249 e. The Kier molecular flexibility index (Phi) is 5.13. The maximum atomic E-state index is 13.1. The molecule has 7 nitrogen and oxygen atoms in total. The summed E-state index contributed by atoms with van der Waals surface area (Å²) in [5, 5.41) is 7.30. The molecule has 8 heteroatoms. The van der Waals surface area contributed by atoms with Gasteiger partial charge in [-0.05, 0) is 37.1 Å². The molecule has 0 bridgehead atoms. The molecule has 2 aliphatic rings. The number of amides is 2. The summed E-state index contributed by atoms with van der Waals surface area (Å²) in [6.07, 6.45) is 5.20. The lowest BCUT2D eigenvalue weighted by Gasteiger charge is -2.24. The number of hydrogen-bond acceptors (Lipinski definition) is 4. The Hall–Kier alpha value is -2.74. The van der Waals surface area contributed by atoms with Gasteiger partial charge in [0.2, 0.25) is 11.8 Å². The molecule has 0 saturated carbocycles. The van der Waals surface area contributed by atoms with E-state index in [0.717, 1.165) is 24.1 Å². The number of benzene rings is 1. The van der Waals surface area contributed by atoms with Crippen molar-refractivity contribution in [2.75, 3.05) is 20.2 Å². The van der Waals surface area contributed by atoms with Crippen molar-refractivity contribution >= 4 is 11.8 Å². The van der Waals surface area contributed by atoms with E-state index in [4.69, 9.17) is 4.74 Å². The lowest BCUT2D eigenvalue weighted by molar-refractivity contribution is -0.130. The van der Waals surface area contributed by atoms with Crippen LogP contribution in [0.1, 0.15) is 30.9 Å². The molecule has 0 spiro atoms. The maximum absolute atomic E-state index is 13.1. The van der Waals surface area contributed by atoms with Crippen molar-refractivity contribution in [2.24, 2.45) is 5.92 Å². The van der Waals surface area contributed by atoms with Gasteiger partial charge in [-0.25, -0.2) is 9.07 Å². The van der Waals surface area contributed by atoms with Crippen molar-refractivity contribution in [1.82, 2.24) is 20.0 Å². The number of hydrogen-bond donors (Lipinski definition) is 1. The summed E-state index contributed by atoms with van der Waals surface area (Å²) in [5.41, 5.74) is 1.62. The van der Waals surface area contributed by atoms with E-state index in [1.165, 1.54) is 12.1 Å². The lowest BCUT2D eigenvalue weighted by atomic mass is 9.95. The smallest absolute Gasteiger partial charge is 0.249 e. The molecule has 0 unspecified atom stereocenters. The Morgan fingerprint density at radius 2 is 2.14 bits per heavy atom. The average molecular weight is 386 g/mol. The van der Waals surface area contributed by atoms with Gasteiger partial charge in [0, 0.05) is 44.3 Å². The monoisotopic (exact) mass is 386 g/mol. The van der Waals surface area contributed by atoms with Crippen LogP contribution < -0.4 is 5.32 Å². The predicted molar refractivity (Wildman–Crippen MR) is 99.1 cm³/mol. The van der Waals surface area contributed by atoms with Crippen LogP contribution in [0.3, 0.4) is 0 Å². The number of nitrogens with zero attached hydrogens (tertiary/aromatic N) is 3. The summed E-state index contributed by atoms with van der Waals surface area (Å²) in [6, 6.07) is 5.88. The fourth-order valence-corrected chi connectivity index (χ4v) is 3.99. The summed E-state index contributed by atoms with van der Waals surface area (Å²) in [6.45, 7) is 1.02. The first kappa shape index (κ1) is 18.6. The summed E-state index contributed by atoms with van der Waals surface area (Å²) in [4.78, 5) is 26.2. The number of likely N-dealkylation sites (tertiary alicyclic amines) is 1. The number of halogens is 1. The molecule has 2 fully saturated rings. The van der Waals surface area contributed by atoms with Gasteiger partial charge in [-0.3, -0.25) is 9.59 Å². The van der Waals surface area contributed by atoms with Crippen LogP contribution in [0.25, 0.3) is 5.69 Å². The highest BCUT2D eigenvalue weighted by Crippen LogP contribution is 2.36. The van der Waals surface area contributed by atoms with E-state index >= 15 is 0 Å². The van der Waals surface area contributed by atoms with Gasteiger partial charge >= 0.3 is 0 Å². The Morgan fingerprint density at radius 3 is 2.86 bits per heavy atom. The molecule has 1 aromatic carbocycles. The van der Waals surface area contributed by atoms with Crippen molar-refractivity contribution in [2.45, 2.75) is 31.4 Å². The van der Waals surface area contributed by atoms with Crippen LogP contribution in [-0.2, 0) is 14.3 Å². The molecule has 2 aliphatic heterocycles. The van der Waals surface area contributed by atoms with Crippen molar-refractivity contribution in [1.29, 1.82) is 0 Å². The molecule has 0 aliphatic carbocycles. The van der Waals surface area contributed by atoms with Crippen molar-refractivity contribution in [3.63, 3.8) is 0 Å². The third-order valence-corrected chi connectivity index (χ3v) is 5.49. The quantitative estimate of drug-likeness (QED) is 0.851. The number of ether oxygens (including phenoxy) is 1. The van der Waals surface area contributed by atoms with E-state index in [-0.39, 0.29) is 35.7 Å². The minimum Gasteiger partial charge on any atom is -0.368 e. The van der Waals surface area contributed by atoms with Crippen LogP contribution in [0.15, 0.2) is 36.7 Å². The lowest BCUT2D eigenvalue weighted by Crippen LogP contribution is -2.38. The highest BCUT2D eigenvalue weighted by molar-refractivity contribution is 5.82. The molecule has 4 rings (SSSR count). The van der Waals surface area contributed by atoms with E-state index in [1.807, 2.05) is 6.20 Å². The third-order valence-electron chi connectivity index (χ3n) is 5.49. The van der Waals surface area contributed by atoms with Crippen molar-refractivity contribution in [3.05, 3.63) is 48.0 Å². The second-order valence-electron chi connectivity index (χ2n) is 7.36. The van der Waals surface area contributed by atoms with Gasteiger partial charge in [0.1, 0.15) is 11.9 Å². The summed E-state index contributed by atoms with van der Waals surface area (Å²) >= 11 is 0. The number of rotatable bonds is 5. The van der Waals surface area contributed by atoms with Crippen LogP contribution in [0.5, 0.6) is 0 Å². The average Bonchev–Trinajstić information content (AvgIpc) is 3.42. The summed E-state index contributed by atoms with van der Waals surface area (Å²) in [5.74, 6) is -0.427. The molecule has 2 amide bonds. The molecule has 1 N–H and O–H groups in total. The van der Waals surface area contributed by atoms with Gasteiger partial charge in [-0.15, -0.1) is 0 Å². The third kappa shape index (κ3) is 3.64. The molecular formula is C20H23FN4O3. The van der Waals surface area contributed by atoms with Gasteiger partial charge in [-0.2, -0.15) is 5.10 Å². The first-order valence-electron chi connectivity index (χ1n) is 9.48. The fraction of sp³-hybridized carbons (Fsp3) is 0.450. The van der Waals surface area contributed by atoms with Gasteiger partial charge < -0.3 is 15.0 Å². The molecule has 3 atom stereocenters. The minimum absolute atomic E-state index is 0.0379. The Labute approximate surface area is 162 Å². The molecule has 148 valence electrons. The van der Waals surface area contributed by atoms with Gasteiger partial charge in [0.25, 0.3) is 0 Å². The number of nitrogens with one attached hydrogen (secondary N) is 1. The molecule has 0 radical (unpaired) electrons. The second kappa shape index (κ2) is 7.71. The Balaban J connectivity index is 1.48. The highest BCUT2D eigenvalue weighted by Gasteiger charge is 2.39. The van der Waals surface area contributed by atoms with Crippen LogP contribution in [0, 0.1) is 11.7 Å².